The van der Waals surface area contributed by atoms with E-state index in [9.17, 15) is 32.7 Å². The lowest BCUT2D eigenvalue weighted by molar-refractivity contribution is -0.139. The van der Waals surface area contributed by atoms with Crippen molar-refractivity contribution >= 4 is 35.1 Å². The van der Waals surface area contributed by atoms with Gasteiger partial charge in [-0.1, -0.05) is 43.1 Å². The van der Waals surface area contributed by atoms with Gasteiger partial charge in [0.2, 0.25) is 5.91 Å². The molecule has 1 unspecified atom stereocenters. The molecule has 0 fully saturated rings. The summed E-state index contributed by atoms with van der Waals surface area (Å²) in [6.07, 6.45) is -4.52. The maximum atomic E-state index is 15.4. The van der Waals surface area contributed by atoms with Crippen LogP contribution in [0.1, 0.15) is 66.6 Å². The molecule has 2 N–H and O–H groups in total. The number of amides is 1. The highest BCUT2D eigenvalue weighted by Gasteiger charge is 2.36. The van der Waals surface area contributed by atoms with Crippen molar-refractivity contribution in [3.8, 4) is 11.1 Å². The normalized spacial score (nSPS) is 13.3. The van der Waals surface area contributed by atoms with Crippen LogP contribution in [0.15, 0.2) is 41.3 Å². The van der Waals surface area contributed by atoms with Gasteiger partial charge in [-0.3, -0.25) is 14.4 Å². The molecule has 250 valence electrons. The van der Waals surface area contributed by atoms with Gasteiger partial charge in [0.15, 0.2) is 0 Å². The maximum absolute atomic E-state index is 15.4. The lowest BCUT2D eigenvalue weighted by Crippen LogP contribution is -2.41. The Kier molecular flexibility index (Phi) is 12.1. The number of aliphatic carboxylic acids is 1. The molecule has 2 atom stereocenters. The summed E-state index contributed by atoms with van der Waals surface area (Å²) in [6, 6.07) is 3.33. The van der Waals surface area contributed by atoms with Crippen molar-refractivity contribution in [3.05, 3.63) is 90.6 Å². The Morgan fingerprint density at radius 1 is 1.09 bits per heavy atom. The van der Waals surface area contributed by atoms with Crippen molar-refractivity contribution < 1.29 is 32.3 Å². The number of carboxylic acids is 1. The van der Waals surface area contributed by atoms with Crippen LogP contribution in [0.5, 0.6) is 0 Å². The minimum atomic E-state index is -4.80. The van der Waals surface area contributed by atoms with Gasteiger partial charge < -0.3 is 19.9 Å². The number of carbonyl (C=O) groups is 2. The SMILES string of the molecule is Cc1cc(Cl)c(-c2ccc(F)c([C@H](CC(=O)O)NC(=O)C(CC(C)C)n3cc(CCN(C)C)c(C(F)(F)F)cc3=O)c2)c(Cl)c1C. The Morgan fingerprint density at radius 3 is 2.30 bits per heavy atom. The van der Waals surface area contributed by atoms with E-state index in [1.54, 1.807) is 45.8 Å². The second-order valence-corrected chi connectivity index (χ2v) is 12.8. The fraction of sp³-hybridized carbons (Fsp3) is 0.424. The van der Waals surface area contributed by atoms with Crippen LogP contribution in [-0.2, 0) is 22.2 Å². The van der Waals surface area contributed by atoms with Crippen LogP contribution < -0.4 is 10.9 Å². The van der Waals surface area contributed by atoms with E-state index in [4.69, 9.17) is 23.2 Å². The van der Waals surface area contributed by atoms with Crippen LogP contribution in [-0.4, -0.2) is 47.1 Å². The van der Waals surface area contributed by atoms with Crippen molar-refractivity contribution in [1.82, 2.24) is 14.8 Å². The van der Waals surface area contributed by atoms with Crippen molar-refractivity contribution in [3.63, 3.8) is 0 Å². The first kappa shape index (κ1) is 37.1. The molecule has 0 aliphatic rings. The third kappa shape index (κ3) is 8.89. The molecule has 0 bridgehead atoms. The number of nitrogens with zero attached hydrogens (tertiary/aromatic N) is 2. The van der Waals surface area contributed by atoms with Gasteiger partial charge in [0, 0.05) is 29.9 Å². The first-order valence-corrected chi connectivity index (χ1v) is 15.3. The molecular weight excluding hydrogens is 649 g/mol. The summed E-state index contributed by atoms with van der Waals surface area (Å²) in [5, 5.41) is 12.9. The summed E-state index contributed by atoms with van der Waals surface area (Å²) in [6.45, 7) is 7.38. The molecule has 7 nitrogen and oxygen atoms in total. The average molecular weight is 687 g/mol. The molecule has 0 aliphatic carbocycles. The standard InChI is InChI=1S/C33H37Cl2F4N3O4/c1-17(2)11-27(42-16-21(9-10-41(5)6)23(14-28(42)43)33(37,38)39)32(46)40-26(15-29(44)45)22-13-20(7-8-25(22)36)30-24(34)12-18(3)19(4)31(30)35/h7-8,12-14,16-17,26-27H,9-11,15H2,1-6H3,(H,40,46)(H,44,45)/t26-,27?/m0/s1. The van der Waals surface area contributed by atoms with E-state index in [1.807, 2.05) is 6.92 Å². The third-order valence-electron chi connectivity index (χ3n) is 7.71. The minimum absolute atomic E-state index is 0.0282. The Hall–Kier alpha value is -3.41. The number of hydrogen-bond donors (Lipinski definition) is 2. The summed E-state index contributed by atoms with van der Waals surface area (Å²) in [7, 11) is 3.38. The van der Waals surface area contributed by atoms with Gasteiger partial charge in [-0.15, -0.1) is 0 Å². The fourth-order valence-corrected chi connectivity index (χ4v) is 5.96. The topological polar surface area (TPSA) is 91.6 Å². The number of pyridine rings is 1. The first-order chi connectivity index (χ1) is 21.3. The number of alkyl halides is 3. The molecule has 0 saturated heterocycles. The van der Waals surface area contributed by atoms with Gasteiger partial charge in [0.1, 0.15) is 11.9 Å². The number of halogens is 6. The van der Waals surface area contributed by atoms with Crippen molar-refractivity contribution in [2.75, 3.05) is 20.6 Å². The van der Waals surface area contributed by atoms with E-state index in [2.05, 4.69) is 5.32 Å². The summed E-state index contributed by atoms with van der Waals surface area (Å²) >= 11 is 13.1. The number of aryl methyl sites for hydroxylation is 1. The number of carboxylic acid groups (broad SMARTS) is 1. The largest absolute Gasteiger partial charge is 0.481 e. The van der Waals surface area contributed by atoms with Crippen LogP contribution in [0.2, 0.25) is 10.0 Å². The van der Waals surface area contributed by atoms with Crippen molar-refractivity contribution in [2.45, 2.75) is 65.2 Å². The Morgan fingerprint density at radius 2 is 1.74 bits per heavy atom. The number of hydrogen-bond acceptors (Lipinski definition) is 4. The summed E-state index contributed by atoms with van der Waals surface area (Å²) in [5.74, 6) is -3.23. The van der Waals surface area contributed by atoms with Gasteiger partial charge in [-0.05, 0) is 87.2 Å². The second kappa shape index (κ2) is 15.0. The van der Waals surface area contributed by atoms with Gasteiger partial charge >= 0.3 is 12.1 Å². The predicted octanol–water partition coefficient (Wildman–Crippen LogP) is 7.62. The highest BCUT2D eigenvalue weighted by atomic mass is 35.5. The molecule has 3 aromatic rings. The smallest absolute Gasteiger partial charge is 0.416 e. The quantitative estimate of drug-likeness (QED) is 0.192. The monoisotopic (exact) mass is 685 g/mol. The number of carbonyl (C=O) groups excluding carboxylic acids is 1. The number of benzene rings is 2. The zero-order chi connectivity index (χ0) is 34.7. The van der Waals surface area contributed by atoms with E-state index in [-0.39, 0.29) is 41.5 Å². The highest BCUT2D eigenvalue weighted by Crippen LogP contribution is 2.40. The second-order valence-electron chi connectivity index (χ2n) is 12.0. The van der Waals surface area contributed by atoms with E-state index in [0.717, 1.165) is 28.0 Å². The highest BCUT2D eigenvalue weighted by molar-refractivity contribution is 6.39. The summed E-state index contributed by atoms with van der Waals surface area (Å²) < 4.78 is 57.9. The number of rotatable bonds is 12. The summed E-state index contributed by atoms with van der Waals surface area (Å²) in [5.41, 5.74) is -0.148. The minimum Gasteiger partial charge on any atom is -0.481 e. The first-order valence-electron chi connectivity index (χ1n) is 14.6. The van der Waals surface area contributed by atoms with Crippen LogP contribution in [0.25, 0.3) is 11.1 Å². The van der Waals surface area contributed by atoms with Gasteiger partial charge in [-0.2, -0.15) is 13.2 Å². The molecule has 2 aromatic carbocycles. The Balaban J connectivity index is 2.13. The lowest BCUT2D eigenvalue weighted by Gasteiger charge is -2.26. The van der Waals surface area contributed by atoms with Crippen LogP contribution >= 0.6 is 23.2 Å². The molecule has 13 heteroatoms. The Bertz CT molecular complexity index is 1670. The van der Waals surface area contributed by atoms with Crippen molar-refractivity contribution in [2.24, 2.45) is 5.92 Å². The molecule has 0 aliphatic heterocycles. The van der Waals surface area contributed by atoms with Crippen LogP contribution in [0, 0.1) is 25.6 Å². The van der Waals surface area contributed by atoms with E-state index in [0.29, 0.717) is 22.2 Å². The van der Waals surface area contributed by atoms with Crippen LogP contribution in [0.3, 0.4) is 0 Å². The molecular formula is C33H37Cl2F4N3O4. The molecule has 1 amide bonds. The Labute approximate surface area is 275 Å². The van der Waals surface area contributed by atoms with E-state index in [1.165, 1.54) is 12.1 Å². The maximum Gasteiger partial charge on any atom is 0.416 e. The van der Waals surface area contributed by atoms with Gasteiger partial charge in [0.25, 0.3) is 5.56 Å². The molecule has 1 heterocycles. The molecule has 0 spiro atoms. The zero-order valence-corrected chi connectivity index (χ0v) is 27.9. The lowest BCUT2D eigenvalue weighted by atomic mass is 9.94. The van der Waals surface area contributed by atoms with E-state index < -0.39 is 53.5 Å². The van der Waals surface area contributed by atoms with E-state index >= 15 is 4.39 Å². The summed E-state index contributed by atoms with van der Waals surface area (Å²) in [4.78, 5) is 40.6. The molecule has 46 heavy (non-hydrogen) atoms. The average Bonchev–Trinajstić information content (AvgIpc) is 2.93. The fourth-order valence-electron chi connectivity index (χ4n) is 5.18. The molecule has 3 rings (SSSR count). The van der Waals surface area contributed by atoms with Crippen LogP contribution in [0.4, 0.5) is 17.6 Å². The number of likely N-dealkylation sites (N-methyl/N-ethyl adjacent to an activating group) is 1. The van der Waals surface area contributed by atoms with Gasteiger partial charge in [-0.25, -0.2) is 4.39 Å². The molecule has 1 aromatic heterocycles. The number of nitrogens with one attached hydrogen (secondary N) is 1. The third-order valence-corrected chi connectivity index (χ3v) is 8.48. The molecule has 0 saturated carbocycles. The van der Waals surface area contributed by atoms with Gasteiger partial charge in [0.05, 0.1) is 28.1 Å². The molecule has 0 radical (unpaired) electrons. The predicted molar refractivity (Wildman–Crippen MR) is 171 cm³/mol. The van der Waals surface area contributed by atoms with Crippen molar-refractivity contribution in [1.29, 1.82) is 0 Å². The number of aromatic nitrogens is 1. The zero-order valence-electron chi connectivity index (χ0n) is 26.4.